The Hall–Kier alpha value is -5.92. The molecule has 54 heavy (non-hydrogen) atoms. The summed E-state index contributed by atoms with van der Waals surface area (Å²) in [5.41, 5.74) is 16.0. The van der Waals surface area contributed by atoms with Gasteiger partial charge in [-0.3, -0.25) is 0 Å². The van der Waals surface area contributed by atoms with Gasteiger partial charge in [0.2, 0.25) is 0 Å². The van der Waals surface area contributed by atoms with Gasteiger partial charge in [-0.2, -0.15) is 0 Å². The van der Waals surface area contributed by atoms with E-state index in [9.17, 15) is 0 Å². The molecule has 0 radical (unpaired) electrons. The Morgan fingerprint density at radius 2 is 1.15 bits per heavy atom. The van der Waals surface area contributed by atoms with Crippen LogP contribution in [0.4, 0.5) is 11.4 Å². The topological polar surface area (TPSA) is 3.24 Å². The van der Waals surface area contributed by atoms with Crippen molar-refractivity contribution in [1.82, 2.24) is 0 Å². The molecule has 0 heterocycles. The van der Waals surface area contributed by atoms with Crippen LogP contribution >= 0.6 is 0 Å². The summed E-state index contributed by atoms with van der Waals surface area (Å²) in [4.78, 5) is 2.53. The number of hydrogen-bond acceptors (Lipinski definition) is 1. The zero-order chi connectivity index (χ0) is 36.8. The summed E-state index contributed by atoms with van der Waals surface area (Å²) in [5.74, 6) is 0. The molecule has 0 amide bonds. The van der Waals surface area contributed by atoms with Crippen molar-refractivity contribution in [2.75, 3.05) is 4.90 Å². The third-order valence-electron chi connectivity index (χ3n) is 12.3. The standard InChI is InChI=1S/C53H45N/c1-52(2,3)41-22-26-43(27-23-41)54(49-31-21-38-15-14-36-12-9-13-37-18-30-46(49)51(38)50(36)37)42-24-16-35(17-25-42)40-20-29-45-44-28-19-39(34-10-7-6-8-11-34)32-47(44)53(4,5)48(45)33-40/h6-16,18-24,26-33H,17,25H2,1-5H3. The number of hydrogen-bond donors (Lipinski definition) is 0. The highest BCUT2D eigenvalue weighted by Crippen LogP contribution is 2.51. The van der Waals surface area contributed by atoms with E-state index in [2.05, 4.69) is 197 Å². The van der Waals surface area contributed by atoms with Gasteiger partial charge in [0.1, 0.15) is 0 Å². The zero-order valence-electron chi connectivity index (χ0n) is 31.9. The van der Waals surface area contributed by atoms with E-state index in [-0.39, 0.29) is 10.8 Å². The van der Waals surface area contributed by atoms with Crippen molar-refractivity contribution in [3.05, 3.63) is 186 Å². The molecule has 8 aromatic carbocycles. The summed E-state index contributed by atoms with van der Waals surface area (Å²) in [7, 11) is 0. The Labute approximate surface area is 319 Å². The van der Waals surface area contributed by atoms with Crippen LogP contribution in [0.2, 0.25) is 0 Å². The third-order valence-corrected chi connectivity index (χ3v) is 12.3. The second-order valence-corrected chi connectivity index (χ2v) is 16.9. The third kappa shape index (κ3) is 5.13. The van der Waals surface area contributed by atoms with Crippen LogP contribution in [0.1, 0.15) is 69.7 Å². The second kappa shape index (κ2) is 12.1. The van der Waals surface area contributed by atoms with Gasteiger partial charge in [-0.15, -0.1) is 0 Å². The number of fused-ring (bicyclic) bond motifs is 3. The molecule has 0 unspecified atom stereocenters. The first-order valence-corrected chi connectivity index (χ1v) is 19.5. The first-order valence-electron chi connectivity index (χ1n) is 19.5. The molecule has 0 aromatic heterocycles. The van der Waals surface area contributed by atoms with Crippen LogP contribution in [0.15, 0.2) is 163 Å². The summed E-state index contributed by atoms with van der Waals surface area (Å²) in [6.07, 6.45) is 6.71. The van der Waals surface area contributed by atoms with Crippen molar-refractivity contribution in [3.8, 4) is 22.3 Å². The molecule has 2 aliphatic carbocycles. The highest BCUT2D eigenvalue weighted by atomic mass is 15.1. The van der Waals surface area contributed by atoms with E-state index in [0.29, 0.717) is 0 Å². The first-order chi connectivity index (χ1) is 26.1. The Balaban J connectivity index is 1.06. The monoisotopic (exact) mass is 695 g/mol. The molecule has 0 atom stereocenters. The van der Waals surface area contributed by atoms with Gasteiger partial charge in [0.05, 0.1) is 5.69 Å². The van der Waals surface area contributed by atoms with Gasteiger partial charge < -0.3 is 4.90 Å². The van der Waals surface area contributed by atoms with E-state index in [0.717, 1.165) is 12.8 Å². The normalized spacial score (nSPS) is 15.0. The molecule has 10 rings (SSSR count). The molecule has 0 N–H and O–H groups in total. The van der Waals surface area contributed by atoms with Crippen LogP contribution in [0.25, 0.3) is 60.1 Å². The van der Waals surface area contributed by atoms with Crippen LogP contribution in [0.5, 0.6) is 0 Å². The van der Waals surface area contributed by atoms with Crippen molar-refractivity contribution in [2.45, 2.75) is 58.3 Å². The molecule has 0 aliphatic heterocycles. The predicted molar refractivity (Wildman–Crippen MR) is 232 cm³/mol. The van der Waals surface area contributed by atoms with E-state index < -0.39 is 0 Å². The molecular weight excluding hydrogens is 651 g/mol. The first kappa shape index (κ1) is 32.7. The average molecular weight is 696 g/mol. The minimum absolute atomic E-state index is 0.0767. The predicted octanol–water partition coefficient (Wildman–Crippen LogP) is 14.8. The lowest BCUT2D eigenvalue weighted by molar-refractivity contribution is 0.590. The molecule has 1 heteroatoms. The highest BCUT2D eigenvalue weighted by molar-refractivity contribution is 6.25. The van der Waals surface area contributed by atoms with Crippen LogP contribution in [0.3, 0.4) is 0 Å². The Bertz CT molecular complexity index is 2790. The van der Waals surface area contributed by atoms with Crippen LogP contribution < -0.4 is 4.90 Å². The molecule has 0 saturated heterocycles. The molecule has 2 aliphatic rings. The van der Waals surface area contributed by atoms with E-state index in [1.54, 1.807) is 0 Å². The Kier molecular flexibility index (Phi) is 7.30. The summed E-state index contributed by atoms with van der Waals surface area (Å²) < 4.78 is 0. The van der Waals surface area contributed by atoms with Gasteiger partial charge in [0.25, 0.3) is 0 Å². The van der Waals surface area contributed by atoms with Crippen molar-refractivity contribution >= 4 is 49.3 Å². The van der Waals surface area contributed by atoms with E-state index in [4.69, 9.17) is 0 Å². The Morgan fingerprint density at radius 3 is 1.81 bits per heavy atom. The minimum atomic E-state index is -0.0767. The quantitative estimate of drug-likeness (QED) is 0.162. The fourth-order valence-electron chi connectivity index (χ4n) is 9.29. The molecular formula is C53H45N. The lowest BCUT2D eigenvalue weighted by atomic mass is 9.80. The van der Waals surface area contributed by atoms with Crippen molar-refractivity contribution in [1.29, 1.82) is 0 Å². The van der Waals surface area contributed by atoms with Gasteiger partial charge in [0, 0.05) is 22.2 Å². The van der Waals surface area contributed by atoms with Crippen molar-refractivity contribution in [3.63, 3.8) is 0 Å². The summed E-state index contributed by atoms with van der Waals surface area (Å²) in [6.45, 7) is 11.7. The van der Waals surface area contributed by atoms with Crippen LogP contribution in [0, 0.1) is 0 Å². The van der Waals surface area contributed by atoms with Crippen LogP contribution in [-0.4, -0.2) is 0 Å². The molecule has 0 saturated carbocycles. The summed E-state index contributed by atoms with van der Waals surface area (Å²) in [6, 6.07) is 54.8. The van der Waals surface area contributed by atoms with Crippen LogP contribution in [-0.2, 0) is 10.8 Å². The molecule has 8 aromatic rings. The van der Waals surface area contributed by atoms with Gasteiger partial charge in [-0.25, -0.2) is 0 Å². The van der Waals surface area contributed by atoms with Crippen molar-refractivity contribution in [2.24, 2.45) is 0 Å². The molecule has 0 bridgehead atoms. The molecule has 0 spiro atoms. The molecule has 1 nitrogen and oxygen atoms in total. The Morgan fingerprint density at radius 1 is 0.519 bits per heavy atom. The molecule has 262 valence electrons. The lowest BCUT2D eigenvalue weighted by Gasteiger charge is -2.32. The fourth-order valence-corrected chi connectivity index (χ4v) is 9.29. The number of allylic oxidation sites excluding steroid dienone is 4. The molecule has 0 fully saturated rings. The highest BCUT2D eigenvalue weighted by Gasteiger charge is 2.36. The van der Waals surface area contributed by atoms with Crippen molar-refractivity contribution < 1.29 is 0 Å². The van der Waals surface area contributed by atoms with Gasteiger partial charge in [-0.1, -0.05) is 156 Å². The average Bonchev–Trinajstić information content (AvgIpc) is 3.42. The smallest absolute Gasteiger partial charge is 0.0537 e. The number of benzene rings is 8. The summed E-state index contributed by atoms with van der Waals surface area (Å²) >= 11 is 0. The van der Waals surface area contributed by atoms with Gasteiger partial charge >= 0.3 is 0 Å². The fraction of sp³-hybridized carbons (Fsp3) is 0.170. The zero-order valence-corrected chi connectivity index (χ0v) is 31.9. The SMILES string of the molecule is CC(C)(C)c1ccc(N(C2=CC=C(c3ccc4c(c3)C(C)(C)c3cc(-c5ccccc5)ccc3-4)CC2)c2ccc3ccc4cccc5ccc2c3c45)cc1. The van der Waals surface area contributed by atoms with E-state index in [1.807, 2.05) is 0 Å². The lowest BCUT2D eigenvalue weighted by Crippen LogP contribution is -2.19. The van der Waals surface area contributed by atoms with Gasteiger partial charge in [-0.05, 0) is 132 Å². The van der Waals surface area contributed by atoms with Gasteiger partial charge in [0.15, 0.2) is 0 Å². The largest absolute Gasteiger partial charge is 0.314 e. The summed E-state index contributed by atoms with van der Waals surface area (Å²) in [5, 5.41) is 7.89. The maximum atomic E-state index is 2.53. The number of nitrogens with zero attached hydrogens (tertiary/aromatic N) is 1. The maximum Gasteiger partial charge on any atom is 0.0537 e. The maximum absolute atomic E-state index is 2.53. The van der Waals surface area contributed by atoms with E-state index in [1.165, 1.54) is 99.5 Å². The number of rotatable bonds is 5. The minimum Gasteiger partial charge on any atom is -0.314 e. The van der Waals surface area contributed by atoms with E-state index >= 15 is 0 Å². The second-order valence-electron chi connectivity index (χ2n) is 16.9. The number of anilines is 2.